The Morgan fingerprint density at radius 3 is 2.17 bits per heavy atom. The molecule has 0 aliphatic heterocycles. The Kier molecular flexibility index (Phi) is 3.99. The lowest BCUT2D eigenvalue weighted by atomic mass is 11.4. The molecule has 0 heterocycles. The molecule has 0 fully saturated rings. The van der Waals surface area contributed by atoms with Crippen LogP contribution in [0.4, 0.5) is 0 Å². The zero-order valence-corrected chi connectivity index (χ0v) is 4.41. The molecule has 0 unspecified atom stereocenters. The summed E-state index contributed by atoms with van der Waals surface area (Å²) in [5, 5.41) is 6.94. The van der Waals surface area contributed by atoms with Gasteiger partial charge in [-0.15, -0.1) is 0 Å². The Hall–Kier alpha value is 0.500. The van der Waals surface area contributed by atoms with Crippen LogP contribution in [0, 0.1) is 0 Å². The number of halogens is 2. The number of aliphatic hydroxyl groups is 1. The molecule has 0 spiro atoms. The van der Waals surface area contributed by atoms with Gasteiger partial charge in [0.15, 0.2) is 0 Å². The fraction of sp³-hybridized carbons (Fsp3) is 1.00. The minimum Gasteiger partial charge on any atom is -0.371 e. The first-order valence-electron chi connectivity index (χ1n) is 1.28. The molecule has 0 aliphatic rings. The van der Waals surface area contributed by atoms with E-state index in [0.717, 1.165) is 0 Å². The first-order valence-corrected chi connectivity index (χ1v) is 2.15. The van der Waals surface area contributed by atoms with Gasteiger partial charge in [-0.05, 0) is 0 Å². The number of aliphatic hydroxyl groups excluding tert-OH is 1. The van der Waals surface area contributed by atoms with Gasteiger partial charge in [0.1, 0.15) is 6.79 Å². The Bertz CT molecular complexity index is 30.7. The molecule has 0 bridgehead atoms. The van der Waals surface area contributed by atoms with Crippen molar-refractivity contribution >= 4 is 23.2 Å². The molecule has 4 heteroatoms. The molecule has 0 aromatic carbocycles. The normalized spacial score (nSPS) is 10.0. The van der Waals surface area contributed by atoms with Crippen molar-refractivity contribution in [1.82, 2.24) is 0 Å². The third-order valence-electron chi connectivity index (χ3n) is 0.201. The van der Waals surface area contributed by atoms with Gasteiger partial charge in [-0.3, -0.25) is 0 Å². The molecule has 0 aliphatic carbocycles. The molecule has 0 aromatic rings. The van der Waals surface area contributed by atoms with Crippen LogP contribution in [0.5, 0.6) is 0 Å². The van der Waals surface area contributed by atoms with Gasteiger partial charge in [-0.2, -0.15) is 0 Å². The molecule has 1 N–H and O–H groups in total. The van der Waals surface area contributed by atoms with Gasteiger partial charge >= 0.3 is 0 Å². The highest BCUT2D eigenvalue weighted by molar-refractivity contribution is 6.43. The van der Waals surface area contributed by atoms with E-state index in [1.807, 2.05) is 0 Å². The highest BCUT2D eigenvalue weighted by Gasteiger charge is 1.90. The van der Waals surface area contributed by atoms with Gasteiger partial charge in [0.2, 0.25) is 5.02 Å². The summed E-state index contributed by atoms with van der Waals surface area (Å²) < 4.78 is 4.13. The van der Waals surface area contributed by atoms with Crippen LogP contribution in [0.25, 0.3) is 0 Å². The van der Waals surface area contributed by atoms with Gasteiger partial charge in [0, 0.05) is 0 Å². The molecular weight excluding hydrogens is 127 g/mol. The predicted octanol–water partition coefficient (Wildman–Crippen LogP) is 0.714. The van der Waals surface area contributed by atoms with E-state index in [0.29, 0.717) is 0 Å². The summed E-state index contributed by atoms with van der Waals surface area (Å²) in [6, 6.07) is 0. The highest BCUT2D eigenvalue weighted by atomic mass is 35.5. The lowest BCUT2D eigenvalue weighted by Crippen LogP contribution is -1.95. The molecule has 0 rings (SSSR count). The van der Waals surface area contributed by atoms with Gasteiger partial charge in [-0.1, -0.05) is 23.2 Å². The fourth-order valence-electron chi connectivity index (χ4n) is 0.0563. The predicted molar refractivity (Wildman–Crippen MR) is 23.7 cm³/mol. The van der Waals surface area contributed by atoms with E-state index in [4.69, 9.17) is 28.3 Å². The van der Waals surface area contributed by atoms with Crippen LogP contribution in [0.1, 0.15) is 0 Å². The molecule has 2 nitrogen and oxygen atoms in total. The van der Waals surface area contributed by atoms with Crippen molar-refractivity contribution in [2.24, 2.45) is 0 Å². The first kappa shape index (κ1) is 6.50. The standard InChI is InChI=1S/C2H4Cl2O2/c3-2(4)6-1-5/h2,5H,1H2. The Balaban J connectivity index is 2.63. The Morgan fingerprint density at radius 1 is 1.67 bits per heavy atom. The van der Waals surface area contributed by atoms with Crippen molar-refractivity contribution in [2.75, 3.05) is 6.79 Å². The van der Waals surface area contributed by atoms with E-state index < -0.39 is 11.8 Å². The third-order valence-corrected chi connectivity index (χ3v) is 0.453. The van der Waals surface area contributed by atoms with Crippen molar-refractivity contribution in [1.29, 1.82) is 0 Å². The van der Waals surface area contributed by atoms with Crippen LogP contribution in [0.15, 0.2) is 0 Å². The van der Waals surface area contributed by atoms with Crippen molar-refractivity contribution in [3.63, 3.8) is 0 Å². The molecule has 0 aromatic heterocycles. The summed E-state index contributed by atoms with van der Waals surface area (Å²) in [5.41, 5.74) is 0. The van der Waals surface area contributed by atoms with Crippen molar-refractivity contribution in [3.8, 4) is 0 Å². The zero-order chi connectivity index (χ0) is 4.99. The molecule has 0 radical (unpaired) electrons. The van der Waals surface area contributed by atoms with Gasteiger partial charge < -0.3 is 9.84 Å². The first-order chi connectivity index (χ1) is 2.77. The maximum atomic E-state index is 7.85. The Labute approximate surface area is 45.6 Å². The molecule has 38 valence electrons. The Morgan fingerprint density at radius 2 is 2.17 bits per heavy atom. The van der Waals surface area contributed by atoms with Crippen LogP contribution in [0.2, 0.25) is 0 Å². The second kappa shape index (κ2) is 3.68. The van der Waals surface area contributed by atoms with Crippen molar-refractivity contribution in [2.45, 2.75) is 5.02 Å². The summed E-state index contributed by atoms with van der Waals surface area (Å²) in [4.78, 5) is 0. The minimum absolute atomic E-state index is 0.433. The van der Waals surface area contributed by atoms with Crippen LogP contribution >= 0.6 is 23.2 Å². The van der Waals surface area contributed by atoms with Crippen LogP contribution < -0.4 is 0 Å². The molecule has 0 saturated carbocycles. The SMILES string of the molecule is OCOC(Cl)Cl. The van der Waals surface area contributed by atoms with Gasteiger partial charge in [0.05, 0.1) is 0 Å². The smallest absolute Gasteiger partial charge is 0.208 e. The molecule has 0 atom stereocenters. The number of alkyl halides is 2. The number of ether oxygens (including phenoxy) is 1. The second-order valence-corrected chi connectivity index (χ2v) is 1.57. The molecular formula is C2H4Cl2O2. The third kappa shape index (κ3) is 4.50. The average molecular weight is 131 g/mol. The number of rotatable bonds is 2. The second-order valence-electron chi connectivity index (χ2n) is 0.556. The average Bonchev–Trinajstić information content (AvgIpc) is 1.35. The summed E-state index contributed by atoms with van der Waals surface area (Å²) in [7, 11) is 0. The highest BCUT2D eigenvalue weighted by Crippen LogP contribution is 2.00. The van der Waals surface area contributed by atoms with Crippen LogP contribution in [0.3, 0.4) is 0 Å². The van der Waals surface area contributed by atoms with E-state index in [-0.39, 0.29) is 0 Å². The summed E-state index contributed by atoms with van der Waals surface area (Å²) in [6.07, 6.45) is 0. The number of hydrogen-bond acceptors (Lipinski definition) is 2. The van der Waals surface area contributed by atoms with E-state index in [1.54, 1.807) is 0 Å². The topological polar surface area (TPSA) is 29.5 Å². The van der Waals surface area contributed by atoms with Crippen LogP contribution in [-0.2, 0) is 4.74 Å². The molecule has 0 saturated heterocycles. The summed E-state index contributed by atoms with van der Waals surface area (Å²) in [6.45, 7) is -0.433. The van der Waals surface area contributed by atoms with Gasteiger partial charge in [0.25, 0.3) is 0 Å². The van der Waals surface area contributed by atoms with E-state index in [2.05, 4.69) is 4.74 Å². The van der Waals surface area contributed by atoms with Gasteiger partial charge in [-0.25, -0.2) is 0 Å². The molecule has 6 heavy (non-hydrogen) atoms. The zero-order valence-electron chi connectivity index (χ0n) is 2.90. The van der Waals surface area contributed by atoms with E-state index in [9.17, 15) is 0 Å². The van der Waals surface area contributed by atoms with E-state index >= 15 is 0 Å². The maximum absolute atomic E-state index is 7.85. The van der Waals surface area contributed by atoms with Crippen LogP contribution in [-0.4, -0.2) is 16.9 Å². The maximum Gasteiger partial charge on any atom is 0.208 e. The lowest BCUT2D eigenvalue weighted by Gasteiger charge is -1.94. The monoisotopic (exact) mass is 130 g/mol. The summed E-state index contributed by atoms with van der Waals surface area (Å²) in [5.74, 6) is 0. The van der Waals surface area contributed by atoms with Crippen molar-refractivity contribution in [3.05, 3.63) is 0 Å². The van der Waals surface area contributed by atoms with Crippen molar-refractivity contribution < 1.29 is 9.84 Å². The largest absolute Gasteiger partial charge is 0.371 e. The quantitative estimate of drug-likeness (QED) is 0.441. The molecule has 0 amide bonds. The number of hydrogen-bond donors (Lipinski definition) is 1. The summed E-state index contributed by atoms with van der Waals surface area (Å²) >= 11 is 9.92. The lowest BCUT2D eigenvalue weighted by molar-refractivity contribution is 0.00825. The fourth-order valence-corrected chi connectivity index (χ4v) is 0.169. The van der Waals surface area contributed by atoms with E-state index in [1.165, 1.54) is 0 Å². The minimum atomic E-state index is -0.907.